The first kappa shape index (κ1) is 22.6. The molecule has 11 heteroatoms. The van der Waals surface area contributed by atoms with Crippen molar-refractivity contribution < 1.29 is 24.1 Å². The van der Waals surface area contributed by atoms with Gasteiger partial charge in [-0.25, -0.2) is 9.79 Å². The number of hydrogen-bond acceptors (Lipinski definition) is 8. The van der Waals surface area contributed by atoms with Crippen molar-refractivity contribution in [2.45, 2.75) is 6.61 Å². The fourth-order valence-corrected chi connectivity index (χ4v) is 3.25. The number of rotatable bonds is 7. The fourth-order valence-electron chi connectivity index (χ4n) is 3.05. The quantitative estimate of drug-likeness (QED) is 0.199. The standard InChI is InChI=1S/C23H14ClN3O7/c24-20-9-8-17(27(31)32)12-19(20)22-25-21(23(28)34-22)11-15-2-1-3-18(10-15)33-13-14-4-6-16(7-5-14)26(29)30/h1-12H,13H2/b21-11-. The van der Waals surface area contributed by atoms with Crippen molar-refractivity contribution in [2.24, 2.45) is 4.99 Å². The van der Waals surface area contributed by atoms with Crippen LogP contribution in [0.25, 0.3) is 6.08 Å². The molecule has 1 aliphatic rings. The summed E-state index contributed by atoms with van der Waals surface area (Å²) in [4.78, 5) is 37.2. The number of non-ortho nitro benzene ring substituents is 2. The number of hydrogen-bond donors (Lipinski definition) is 0. The molecule has 0 bridgehead atoms. The number of esters is 1. The largest absolute Gasteiger partial charge is 0.489 e. The summed E-state index contributed by atoms with van der Waals surface area (Å²) in [6.07, 6.45) is 1.49. The molecule has 1 heterocycles. The molecule has 170 valence electrons. The van der Waals surface area contributed by atoms with E-state index in [4.69, 9.17) is 21.1 Å². The molecule has 3 aromatic carbocycles. The van der Waals surface area contributed by atoms with Crippen LogP contribution < -0.4 is 4.74 Å². The summed E-state index contributed by atoms with van der Waals surface area (Å²) in [5.41, 5.74) is 1.25. The van der Waals surface area contributed by atoms with Crippen molar-refractivity contribution in [3.8, 4) is 5.75 Å². The second-order valence-corrected chi connectivity index (χ2v) is 7.45. The van der Waals surface area contributed by atoms with E-state index in [1.165, 1.54) is 36.4 Å². The molecule has 10 nitrogen and oxygen atoms in total. The van der Waals surface area contributed by atoms with Gasteiger partial charge in [-0.05, 0) is 47.5 Å². The molecular formula is C23H14ClN3O7. The number of carbonyl (C=O) groups is 1. The van der Waals surface area contributed by atoms with E-state index >= 15 is 0 Å². The van der Waals surface area contributed by atoms with Gasteiger partial charge in [-0.3, -0.25) is 20.2 Å². The highest BCUT2D eigenvalue weighted by molar-refractivity contribution is 6.34. The molecule has 34 heavy (non-hydrogen) atoms. The molecule has 0 amide bonds. The van der Waals surface area contributed by atoms with Crippen molar-refractivity contribution in [3.63, 3.8) is 0 Å². The lowest BCUT2D eigenvalue weighted by Crippen LogP contribution is -2.06. The van der Waals surface area contributed by atoms with Gasteiger partial charge >= 0.3 is 5.97 Å². The minimum atomic E-state index is -0.727. The molecule has 0 radical (unpaired) electrons. The van der Waals surface area contributed by atoms with Crippen LogP contribution in [0, 0.1) is 20.2 Å². The maximum absolute atomic E-state index is 12.3. The van der Waals surface area contributed by atoms with Gasteiger partial charge in [0.25, 0.3) is 11.4 Å². The molecule has 0 aromatic heterocycles. The Balaban J connectivity index is 1.52. The lowest BCUT2D eigenvalue weighted by molar-refractivity contribution is -0.385. The third-order valence-corrected chi connectivity index (χ3v) is 5.06. The van der Waals surface area contributed by atoms with Crippen LogP contribution in [0.3, 0.4) is 0 Å². The number of nitro groups is 2. The summed E-state index contributed by atoms with van der Waals surface area (Å²) < 4.78 is 10.9. The first-order valence-electron chi connectivity index (χ1n) is 9.73. The Labute approximate surface area is 197 Å². The van der Waals surface area contributed by atoms with Crippen LogP contribution in [0.2, 0.25) is 5.02 Å². The third-order valence-electron chi connectivity index (χ3n) is 4.73. The van der Waals surface area contributed by atoms with E-state index in [-0.39, 0.29) is 40.2 Å². The van der Waals surface area contributed by atoms with Crippen LogP contribution in [-0.4, -0.2) is 21.7 Å². The van der Waals surface area contributed by atoms with E-state index in [1.807, 2.05) is 0 Å². The molecule has 0 saturated heterocycles. The first-order valence-corrected chi connectivity index (χ1v) is 10.1. The van der Waals surface area contributed by atoms with Crippen LogP contribution >= 0.6 is 11.6 Å². The smallest absolute Gasteiger partial charge is 0.363 e. The monoisotopic (exact) mass is 479 g/mol. The third kappa shape index (κ3) is 5.08. The van der Waals surface area contributed by atoms with Gasteiger partial charge < -0.3 is 9.47 Å². The van der Waals surface area contributed by atoms with Crippen LogP contribution in [0.5, 0.6) is 5.75 Å². The number of ether oxygens (including phenoxy) is 2. The zero-order valence-corrected chi connectivity index (χ0v) is 18.0. The Morgan fingerprint density at radius 2 is 1.68 bits per heavy atom. The highest BCUT2D eigenvalue weighted by Crippen LogP contribution is 2.27. The van der Waals surface area contributed by atoms with Gasteiger partial charge in [-0.15, -0.1) is 0 Å². The summed E-state index contributed by atoms with van der Waals surface area (Å²) in [7, 11) is 0. The second kappa shape index (κ2) is 9.51. The number of benzene rings is 3. The topological polar surface area (TPSA) is 134 Å². The fraction of sp³-hybridized carbons (Fsp3) is 0.0435. The predicted octanol–water partition coefficient (Wildman–Crippen LogP) is 5.08. The van der Waals surface area contributed by atoms with E-state index in [1.54, 1.807) is 36.4 Å². The maximum atomic E-state index is 12.3. The number of aliphatic imine (C=N–C) groups is 1. The van der Waals surface area contributed by atoms with E-state index < -0.39 is 15.8 Å². The Bertz CT molecular complexity index is 1370. The van der Waals surface area contributed by atoms with E-state index in [0.29, 0.717) is 11.3 Å². The van der Waals surface area contributed by atoms with E-state index in [0.717, 1.165) is 5.56 Å². The summed E-state index contributed by atoms with van der Waals surface area (Å²) in [5, 5.41) is 21.9. The molecule has 0 spiro atoms. The van der Waals surface area contributed by atoms with Crippen LogP contribution in [0.4, 0.5) is 11.4 Å². The minimum Gasteiger partial charge on any atom is -0.489 e. The molecule has 0 unspecified atom stereocenters. The van der Waals surface area contributed by atoms with E-state index in [9.17, 15) is 25.0 Å². The van der Waals surface area contributed by atoms with Gasteiger partial charge in [-0.2, -0.15) is 0 Å². The van der Waals surface area contributed by atoms with Gasteiger partial charge in [0.05, 0.1) is 20.4 Å². The molecule has 1 aliphatic heterocycles. The van der Waals surface area contributed by atoms with Gasteiger partial charge in [0.2, 0.25) is 5.90 Å². The van der Waals surface area contributed by atoms with Crippen molar-refractivity contribution in [3.05, 3.63) is 114 Å². The molecule has 0 aliphatic carbocycles. The summed E-state index contributed by atoms with van der Waals surface area (Å²) >= 11 is 6.10. The highest BCUT2D eigenvalue weighted by atomic mass is 35.5. The molecule has 0 atom stereocenters. The average Bonchev–Trinajstić information content (AvgIpc) is 3.18. The Morgan fingerprint density at radius 3 is 2.38 bits per heavy atom. The van der Waals surface area contributed by atoms with Crippen LogP contribution in [0.15, 0.2) is 77.4 Å². The molecular weight excluding hydrogens is 466 g/mol. The maximum Gasteiger partial charge on any atom is 0.363 e. The average molecular weight is 480 g/mol. The zero-order valence-electron chi connectivity index (χ0n) is 17.2. The number of nitro benzene ring substituents is 2. The number of halogens is 1. The van der Waals surface area contributed by atoms with Crippen LogP contribution in [-0.2, 0) is 16.1 Å². The summed E-state index contributed by atoms with van der Waals surface area (Å²) in [5.74, 6) is -0.352. The van der Waals surface area contributed by atoms with Crippen molar-refractivity contribution in [2.75, 3.05) is 0 Å². The number of cyclic esters (lactones) is 1. The molecule has 0 fully saturated rings. The lowest BCUT2D eigenvalue weighted by atomic mass is 10.2. The predicted molar refractivity (Wildman–Crippen MR) is 123 cm³/mol. The van der Waals surface area contributed by atoms with Crippen molar-refractivity contribution in [1.82, 2.24) is 0 Å². The summed E-state index contributed by atoms with van der Waals surface area (Å²) in [6, 6.07) is 16.6. The normalized spacial score (nSPS) is 14.0. The van der Waals surface area contributed by atoms with Crippen LogP contribution in [0.1, 0.15) is 16.7 Å². The van der Waals surface area contributed by atoms with Gasteiger partial charge in [-0.1, -0.05) is 23.7 Å². The van der Waals surface area contributed by atoms with Crippen molar-refractivity contribution in [1.29, 1.82) is 0 Å². The first-order chi connectivity index (χ1) is 16.3. The number of nitrogens with zero attached hydrogens (tertiary/aromatic N) is 3. The highest BCUT2D eigenvalue weighted by Gasteiger charge is 2.27. The molecule has 4 rings (SSSR count). The Kier molecular flexibility index (Phi) is 6.33. The Morgan fingerprint density at radius 1 is 0.971 bits per heavy atom. The zero-order chi connectivity index (χ0) is 24.2. The second-order valence-electron chi connectivity index (χ2n) is 7.04. The van der Waals surface area contributed by atoms with Gasteiger partial charge in [0.1, 0.15) is 12.4 Å². The Hall–Kier alpha value is -4.57. The molecule has 0 saturated carbocycles. The van der Waals surface area contributed by atoms with E-state index in [2.05, 4.69) is 4.99 Å². The minimum absolute atomic E-state index is 0.00728. The SMILES string of the molecule is O=C1OC(c2cc([N+](=O)[O-])ccc2Cl)=N/C1=C\c1cccc(OCc2ccc([N+](=O)[O-])cc2)c1. The lowest BCUT2D eigenvalue weighted by Gasteiger charge is -2.07. The van der Waals surface area contributed by atoms with Crippen molar-refractivity contribution >= 4 is 40.9 Å². The summed E-state index contributed by atoms with van der Waals surface area (Å²) in [6.45, 7) is 0.188. The van der Waals surface area contributed by atoms with Gasteiger partial charge in [0.15, 0.2) is 5.70 Å². The molecule has 0 N–H and O–H groups in total. The molecule has 3 aromatic rings. The number of carbonyl (C=O) groups excluding carboxylic acids is 1. The van der Waals surface area contributed by atoms with Gasteiger partial charge in [0, 0.05) is 24.3 Å².